The molecule has 0 aliphatic rings. The van der Waals surface area contributed by atoms with E-state index in [0.29, 0.717) is 18.0 Å². The number of primary amides is 1. The SMILES string of the molecule is COc1ccc(OC)c(CNCC(O)C(N)=O)c1. The summed E-state index contributed by atoms with van der Waals surface area (Å²) in [6.07, 6.45) is -1.19. The van der Waals surface area contributed by atoms with Crippen molar-refractivity contribution in [3.63, 3.8) is 0 Å². The van der Waals surface area contributed by atoms with Gasteiger partial charge in [0.15, 0.2) is 0 Å². The molecule has 1 rings (SSSR count). The van der Waals surface area contributed by atoms with Gasteiger partial charge in [0.25, 0.3) is 0 Å². The van der Waals surface area contributed by atoms with Crippen LogP contribution in [-0.2, 0) is 11.3 Å². The van der Waals surface area contributed by atoms with Crippen LogP contribution in [0.1, 0.15) is 5.56 Å². The Morgan fingerprint density at radius 1 is 1.44 bits per heavy atom. The highest BCUT2D eigenvalue weighted by Crippen LogP contribution is 2.23. The Kier molecular flexibility index (Phi) is 5.41. The molecule has 1 aromatic carbocycles. The van der Waals surface area contributed by atoms with E-state index in [9.17, 15) is 9.90 Å². The van der Waals surface area contributed by atoms with Gasteiger partial charge in [-0.25, -0.2) is 0 Å². The summed E-state index contributed by atoms with van der Waals surface area (Å²) in [6.45, 7) is 0.528. The largest absolute Gasteiger partial charge is 0.497 e. The third kappa shape index (κ3) is 3.90. The van der Waals surface area contributed by atoms with E-state index >= 15 is 0 Å². The number of amides is 1. The number of methoxy groups -OCH3 is 2. The van der Waals surface area contributed by atoms with E-state index in [1.165, 1.54) is 0 Å². The lowest BCUT2D eigenvalue weighted by atomic mass is 10.2. The number of aliphatic hydroxyl groups is 1. The molecule has 0 saturated heterocycles. The molecule has 0 aliphatic heterocycles. The van der Waals surface area contributed by atoms with Crippen LogP contribution >= 0.6 is 0 Å². The number of carbonyl (C=O) groups is 1. The summed E-state index contributed by atoms with van der Waals surface area (Å²) in [5.41, 5.74) is 5.81. The fourth-order valence-corrected chi connectivity index (χ4v) is 1.46. The minimum Gasteiger partial charge on any atom is -0.497 e. The van der Waals surface area contributed by atoms with Crippen molar-refractivity contribution in [1.29, 1.82) is 0 Å². The van der Waals surface area contributed by atoms with Crippen molar-refractivity contribution in [2.24, 2.45) is 5.73 Å². The van der Waals surface area contributed by atoms with Crippen LogP contribution in [0.2, 0.25) is 0 Å². The molecule has 18 heavy (non-hydrogen) atoms. The van der Waals surface area contributed by atoms with Gasteiger partial charge in [-0.15, -0.1) is 0 Å². The van der Waals surface area contributed by atoms with Crippen molar-refractivity contribution in [3.8, 4) is 11.5 Å². The van der Waals surface area contributed by atoms with E-state index in [4.69, 9.17) is 15.2 Å². The third-order valence-electron chi connectivity index (χ3n) is 2.47. The van der Waals surface area contributed by atoms with Gasteiger partial charge in [-0.2, -0.15) is 0 Å². The third-order valence-corrected chi connectivity index (χ3v) is 2.47. The zero-order valence-corrected chi connectivity index (χ0v) is 10.5. The molecule has 1 amide bonds. The minimum absolute atomic E-state index is 0.0930. The van der Waals surface area contributed by atoms with Gasteiger partial charge in [0.05, 0.1) is 14.2 Å². The Hall–Kier alpha value is -1.79. The Labute approximate surface area is 106 Å². The van der Waals surface area contributed by atoms with Crippen molar-refractivity contribution in [2.45, 2.75) is 12.6 Å². The molecule has 0 bridgehead atoms. The van der Waals surface area contributed by atoms with Crippen molar-refractivity contribution < 1.29 is 19.4 Å². The molecule has 6 nitrogen and oxygen atoms in total. The number of benzene rings is 1. The van der Waals surface area contributed by atoms with E-state index in [1.807, 2.05) is 6.07 Å². The summed E-state index contributed by atoms with van der Waals surface area (Å²) in [5.74, 6) is 0.667. The van der Waals surface area contributed by atoms with Gasteiger partial charge in [0.1, 0.15) is 17.6 Å². The highest BCUT2D eigenvalue weighted by molar-refractivity contribution is 5.78. The molecule has 1 aromatic rings. The van der Waals surface area contributed by atoms with Gasteiger partial charge in [-0.3, -0.25) is 4.79 Å². The second-order valence-corrected chi connectivity index (χ2v) is 3.73. The molecule has 0 heterocycles. The van der Waals surface area contributed by atoms with Gasteiger partial charge >= 0.3 is 0 Å². The van der Waals surface area contributed by atoms with E-state index in [2.05, 4.69) is 5.32 Å². The highest BCUT2D eigenvalue weighted by atomic mass is 16.5. The van der Waals surface area contributed by atoms with Crippen LogP contribution in [0.15, 0.2) is 18.2 Å². The fourth-order valence-electron chi connectivity index (χ4n) is 1.46. The lowest BCUT2D eigenvalue weighted by Gasteiger charge is -2.12. The first kappa shape index (κ1) is 14.3. The lowest BCUT2D eigenvalue weighted by Crippen LogP contribution is -2.37. The summed E-state index contributed by atoms with van der Waals surface area (Å²) >= 11 is 0. The maximum absolute atomic E-state index is 10.7. The fraction of sp³-hybridized carbons (Fsp3) is 0.417. The first-order valence-corrected chi connectivity index (χ1v) is 5.47. The zero-order chi connectivity index (χ0) is 13.5. The van der Waals surface area contributed by atoms with Gasteiger partial charge < -0.3 is 25.6 Å². The average molecular weight is 254 g/mol. The number of nitrogens with one attached hydrogen (secondary N) is 1. The summed E-state index contributed by atoms with van der Waals surface area (Å²) < 4.78 is 10.3. The Morgan fingerprint density at radius 2 is 2.17 bits per heavy atom. The maximum atomic E-state index is 10.7. The van der Waals surface area contributed by atoms with E-state index < -0.39 is 12.0 Å². The highest BCUT2D eigenvalue weighted by Gasteiger charge is 2.11. The Morgan fingerprint density at radius 3 is 2.72 bits per heavy atom. The second-order valence-electron chi connectivity index (χ2n) is 3.73. The van der Waals surface area contributed by atoms with Crippen LogP contribution in [0.5, 0.6) is 11.5 Å². The van der Waals surface area contributed by atoms with Gasteiger partial charge in [-0.05, 0) is 18.2 Å². The molecule has 0 aromatic heterocycles. The first-order chi connectivity index (χ1) is 8.58. The molecule has 0 radical (unpaired) electrons. The van der Waals surface area contributed by atoms with Crippen molar-refractivity contribution in [2.75, 3.05) is 20.8 Å². The summed E-state index contributed by atoms with van der Waals surface area (Å²) in [6, 6.07) is 5.41. The monoisotopic (exact) mass is 254 g/mol. The van der Waals surface area contributed by atoms with Crippen LogP contribution < -0.4 is 20.5 Å². The Bertz CT molecular complexity index is 409. The van der Waals surface area contributed by atoms with E-state index in [-0.39, 0.29) is 6.54 Å². The van der Waals surface area contributed by atoms with Crippen LogP contribution in [0.25, 0.3) is 0 Å². The number of hydrogen-bond acceptors (Lipinski definition) is 5. The number of carbonyl (C=O) groups excluding carboxylic acids is 1. The number of nitrogens with two attached hydrogens (primary N) is 1. The van der Waals surface area contributed by atoms with Crippen LogP contribution in [0.4, 0.5) is 0 Å². The molecule has 100 valence electrons. The first-order valence-electron chi connectivity index (χ1n) is 5.47. The van der Waals surface area contributed by atoms with E-state index in [0.717, 1.165) is 5.56 Å². The molecule has 0 saturated carbocycles. The summed E-state index contributed by atoms with van der Waals surface area (Å²) in [4.78, 5) is 10.7. The average Bonchev–Trinajstić information content (AvgIpc) is 2.38. The van der Waals surface area contributed by atoms with E-state index in [1.54, 1.807) is 26.4 Å². The van der Waals surface area contributed by atoms with Crippen molar-refractivity contribution in [3.05, 3.63) is 23.8 Å². The molecular weight excluding hydrogens is 236 g/mol. The lowest BCUT2D eigenvalue weighted by molar-refractivity contribution is -0.125. The zero-order valence-electron chi connectivity index (χ0n) is 10.5. The number of aliphatic hydroxyl groups excluding tert-OH is 1. The van der Waals surface area contributed by atoms with Crippen molar-refractivity contribution in [1.82, 2.24) is 5.32 Å². The normalized spacial score (nSPS) is 11.9. The number of hydrogen-bond donors (Lipinski definition) is 3. The molecule has 1 atom stereocenters. The molecule has 0 spiro atoms. The minimum atomic E-state index is -1.19. The number of ether oxygens (including phenoxy) is 2. The Balaban J connectivity index is 2.62. The van der Waals surface area contributed by atoms with Gasteiger partial charge in [0, 0.05) is 18.7 Å². The molecule has 0 aliphatic carbocycles. The molecule has 0 fully saturated rings. The van der Waals surface area contributed by atoms with Crippen molar-refractivity contribution >= 4 is 5.91 Å². The van der Waals surface area contributed by atoms with Crippen LogP contribution in [-0.4, -0.2) is 37.9 Å². The van der Waals surface area contributed by atoms with Gasteiger partial charge in [0.2, 0.25) is 5.91 Å². The van der Waals surface area contributed by atoms with Crippen LogP contribution in [0.3, 0.4) is 0 Å². The maximum Gasteiger partial charge on any atom is 0.247 e. The molecular formula is C12H18N2O4. The number of rotatable bonds is 7. The summed E-state index contributed by atoms with van der Waals surface area (Å²) in [7, 11) is 3.15. The standard InChI is InChI=1S/C12H18N2O4/c1-17-9-3-4-11(18-2)8(5-9)6-14-7-10(15)12(13)16/h3-5,10,14-15H,6-7H2,1-2H3,(H2,13,16). The smallest absolute Gasteiger partial charge is 0.247 e. The summed E-state index contributed by atoms with van der Waals surface area (Å²) in [5, 5.41) is 12.2. The predicted molar refractivity (Wildman–Crippen MR) is 66.5 cm³/mol. The quantitative estimate of drug-likeness (QED) is 0.618. The molecule has 4 N–H and O–H groups in total. The van der Waals surface area contributed by atoms with Gasteiger partial charge in [-0.1, -0.05) is 0 Å². The topological polar surface area (TPSA) is 93.8 Å². The molecule has 1 unspecified atom stereocenters. The predicted octanol–water partition coefficient (Wildman–Crippen LogP) is -0.360. The second kappa shape index (κ2) is 6.83. The molecule has 6 heteroatoms. The van der Waals surface area contributed by atoms with Crippen LogP contribution in [0, 0.1) is 0 Å².